The number of carbonyl (C=O) groups excluding carboxylic acids is 2. The summed E-state index contributed by atoms with van der Waals surface area (Å²) in [6, 6.07) is 7.24. The molecule has 0 unspecified atom stereocenters. The number of carbonyl (C=O) groups is 2. The third-order valence-corrected chi connectivity index (χ3v) is 2.70. The van der Waals surface area contributed by atoms with Crippen LogP contribution in [0.15, 0.2) is 36.7 Å². The fourth-order valence-electron chi connectivity index (χ4n) is 1.65. The van der Waals surface area contributed by atoms with Crippen molar-refractivity contribution < 1.29 is 9.59 Å². The highest BCUT2D eigenvalue weighted by molar-refractivity contribution is 5.93. The Balaban J connectivity index is 1.95. The highest BCUT2D eigenvalue weighted by Gasteiger charge is 2.08. The first-order valence-electron chi connectivity index (χ1n) is 5.99. The van der Waals surface area contributed by atoms with Crippen molar-refractivity contribution in [1.82, 2.24) is 9.78 Å². The maximum Gasteiger partial charge on any atom is 0.251 e. The molecule has 0 aliphatic carbocycles. The van der Waals surface area contributed by atoms with Gasteiger partial charge in [0, 0.05) is 18.4 Å². The van der Waals surface area contributed by atoms with Gasteiger partial charge in [-0.2, -0.15) is 5.10 Å². The first kappa shape index (κ1) is 13.8. The number of rotatable bonds is 5. The summed E-state index contributed by atoms with van der Waals surface area (Å²) in [5, 5.41) is 6.61. The van der Waals surface area contributed by atoms with E-state index in [2.05, 4.69) is 10.4 Å². The SMILES string of the molecule is NCc1ccc(NC(=O)Cn2cc(C(N)=O)cn2)cc1. The number of benzene rings is 1. The highest BCUT2D eigenvalue weighted by Crippen LogP contribution is 2.09. The van der Waals surface area contributed by atoms with Crippen molar-refractivity contribution in [2.75, 3.05) is 5.32 Å². The van der Waals surface area contributed by atoms with Crippen LogP contribution >= 0.6 is 0 Å². The van der Waals surface area contributed by atoms with Crippen molar-refractivity contribution in [2.45, 2.75) is 13.1 Å². The van der Waals surface area contributed by atoms with Crippen LogP contribution in [0.3, 0.4) is 0 Å². The largest absolute Gasteiger partial charge is 0.366 e. The molecule has 0 atom stereocenters. The number of primary amides is 1. The molecular formula is C13H15N5O2. The average molecular weight is 273 g/mol. The molecule has 104 valence electrons. The molecule has 1 aromatic heterocycles. The number of amides is 2. The summed E-state index contributed by atoms with van der Waals surface area (Å²) in [7, 11) is 0. The van der Waals surface area contributed by atoms with Gasteiger partial charge in [0.25, 0.3) is 5.91 Å². The van der Waals surface area contributed by atoms with Gasteiger partial charge in [0.15, 0.2) is 0 Å². The van der Waals surface area contributed by atoms with Crippen LogP contribution in [0.4, 0.5) is 5.69 Å². The Morgan fingerprint density at radius 2 is 1.95 bits per heavy atom. The quantitative estimate of drug-likeness (QED) is 0.715. The molecule has 0 aliphatic rings. The Labute approximate surface area is 115 Å². The summed E-state index contributed by atoms with van der Waals surface area (Å²) in [4.78, 5) is 22.7. The molecule has 0 saturated heterocycles. The smallest absolute Gasteiger partial charge is 0.251 e. The number of hydrogen-bond donors (Lipinski definition) is 3. The van der Waals surface area contributed by atoms with E-state index >= 15 is 0 Å². The summed E-state index contributed by atoms with van der Waals surface area (Å²) in [5.41, 5.74) is 12.5. The lowest BCUT2D eigenvalue weighted by Gasteiger charge is -2.06. The summed E-state index contributed by atoms with van der Waals surface area (Å²) < 4.78 is 1.35. The summed E-state index contributed by atoms with van der Waals surface area (Å²) in [5.74, 6) is -0.821. The number of aromatic nitrogens is 2. The maximum absolute atomic E-state index is 11.8. The van der Waals surface area contributed by atoms with Gasteiger partial charge in [0.2, 0.25) is 5.91 Å². The van der Waals surface area contributed by atoms with E-state index in [1.54, 1.807) is 12.1 Å². The number of anilines is 1. The van der Waals surface area contributed by atoms with Gasteiger partial charge >= 0.3 is 0 Å². The second kappa shape index (κ2) is 5.98. The van der Waals surface area contributed by atoms with Crippen LogP contribution in [-0.2, 0) is 17.9 Å². The fourth-order valence-corrected chi connectivity index (χ4v) is 1.65. The van der Waals surface area contributed by atoms with Crippen molar-refractivity contribution in [3.8, 4) is 0 Å². The van der Waals surface area contributed by atoms with E-state index in [1.807, 2.05) is 12.1 Å². The molecule has 2 rings (SSSR count). The molecule has 1 heterocycles. The predicted octanol–water partition coefficient (Wildman–Crippen LogP) is 0.0794. The third-order valence-electron chi connectivity index (χ3n) is 2.70. The van der Waals surface area contributed by atoms with Crippen molar-refractivity contribution >= 4 is 17.5 Å². The van der Waals surface area contributed by atoms with Crippen LogP contribution < -0.4 is 16.8 Å². The monoisotopic (exact) mass is 273 g/mol. The Morgan fingerprint density at radius 1 is 1.25 bits per heavy atom. The van der Waals surface area contributed by atoms with E-state index in [4.69, 9.17) is 11.5 Å². The molecule has 0 bridgehead atoms. The van der Waals surface area contributed by atoms with Crippen LogP contribution in [0.5, 0.6) is 0 Å². The Morgan fingerprint density at radius 3 is 2.50 bits per heavy atom. The number of nitrogens with zero attached hydrogens (tertiary/aromatic N) is 2. The van der Waals surface area contributed by atoms with Crippen LogP contribution in [0.25, 0.3) is 0 Å². The van der Waals surface area contributed by atoms with E-state index in [1.165, 1.54) is 17.1 Å². The molecule has 0 radical (unpaired) electrons. The molecule has 5 N–H and O–H groups in total. The van der Waals surface area contributed by atoms with Gasteiger partial charge in [-0.3, -0.25) is 14.3 Å². The minimum Gasteiger partial charge on any atom is -0.366 e. The lowest BCUT2D eigenvalue weighted by molar-refractivity contribution is -0.116. The first-order chi connectivity index (χ1) is 9.58. The van der Waals surface area contributed by atoms with Crippen LogP contribution in [0.1, 0.15) is 15.9 Å². The maximum atomic E-state index is 11.8. The predicted molar refractivity (Wildman–Crippen MR) is 73.7 cm³/mol. The lowest BCUT2D eigenvalue weighted by atomic mass is 10.2. The molecule has 0 aliphatic heterocycles. The Hall–Kier alpha value is -2.67. The van der Waals surface area contributed by atoms with Crippen molar-refractivity contribution in [2.24, 2.45) is 11.5 Å². The van der Waals surface area contributed by atoms with E-state index < -0.39 is 5.91 Å². The number of nitrogens with two attached hydrogens (primary N) is 2. The molecule has 7 heteroatoms. The lowest BCUT2D eigenvalue weighted by Crippen LogP contribution is -2.19. The van der Waals surface area contributed by atoms with Gasteiger partial charge in [-0.25, -0.2) is 0 Å². The molecule has 0 spiro atoms. The number of hydrogen-bond acceptors (Lipinski definition) is 4. The number of nitrogens with one attached hydrogen (secondary N) is 1. The second-order valence-corrected chi connectivity index (χ2v) is 4.24. The zero-order chi connectivity index (χ0) is 14.5. The van der Waals surface area contributed by atoms with Crippen LogP contribution in [0, 0.1) is 0 Å². The molecule has 0 saturated carbocycles. The molecule has 2 aromatic rings. The van der Waals surface area contributed by atoms with Gasteiger partial charge in [-0.15, -0.1) is 0 Å². The summed E-state index contributed by atoms with van der Waals surface area (Å²) in [6.45, 7) is 0.462. The van der Waals surface area contributed by atoms with Crippen molar-refractivity contribution in [1.29, 1.82) is 0 Å². The zero-order valence-corrected chi connectivity index (χ0v) is 10.7. The minimum atomic E-state index is -0.575. The average Bonchev–Trinajstić information content (AvgIpc) is 2.88. The van der Waals surface area contributed by atoms with Crippen LogP contribution in [0.2, 0.25) is 0 Å². The highest BCUT2D eigenvalue weighted by atomic mass is 16.2. The van der Waals surface area contributed by atoms with Crippen molar-refractivity contribution in [3.05, 3.63) is 47.8 Å². The van der Waals surface area contributed by atoms with Crippen molar-refractivity contribution in [3.63, 3.8) is 0 Å². The minimum absolute atomic E-state index is 0.00587. The van der Waals surface area contributed by atoms with Gasteiger partial charge in [-0.1, -0.05) is 12.1 Å². The fraction of sp³-hybridized carbons (Fsp3) is 0.154. The summed E-state index contributed by atoms with van der Waals surface area (Å²) in [6.07, 6.45) is 2.76. The normalized spacial score (nSPS) is 10.2. The van der Waals surface area contributed by atoms with E-state index in [0.717, 1.165) is 5.56 Å². The molecule has 7 nitrogen and oxygen atoms in total. The van der Waals surface area contributed by atoms with Gasteiger partial charge in [0.1, 0.15) is 6.54 Å². The topological polar surface area (TPSA) is 116 Å². The van der Waals surface area contributed by atoms with Gasteiger partial charge in [-0.05, 0) is 17.7 Å². The zero-order valence-electron chi connectivity index (χ0n) is 10.7. The van der Waals surface area contributed by atoms with E-state index in [-0.39, 0.29) is 18.0 Å². The van der Waals surface area contributed by atoms with Gasteiger partial charge in [0.05, 0.1) is 11.8 Å². The summed E-state index contributed by atoms with van der Waals surface area (Å²) >= 11 is 0. The second-order valence-electron chi connectivity index (χ2n) is 4.24. The molecular weight excluding hydrogens is 258 g/mol. The molecule has 2 amide bonds. The van der Waals surface area contributed by atoms with Gasteiger partial charge < -0.3 is 16.8 Å². The van der Waals surface area contributed by atoms with E-state index in [0.29, 0.717) is 12.2 Å². The Bertz CT molecular complexity index is 618. The molecule has 1 aromatic carbocycles. The molecule has 20 heavy (non-hydrogen) atoms. The van der Waals surface area contributed by atoms with E-state index in [9.17, 15) is 9.59 Å². The standard InChI is InChI=1S/C13H15N5O2/c14-5-9-1-3-11(4-2-9)17-12(19)8-18-7-10(6-16-18)13(15)20/h1-4,6-7H,5,8,14H2,(H2,15,20)(H,17,19). The Kier molecular flexibility index (Phi) is 4.11. The van der Waals surface area contributed by atoms with Crippen LogP contribution in [-0.4, -0.2) is 21.6 Å². The third kappa shape index (κ3) is 3.42. The first-order valence-corrected chi connectivity index (χ1v) is 5.99. The molecule has 0 fully saturated rings.